The highest BCUT2D eigenvalue weighted by molar-refractivity contribution is 5.79. The predicted octanol–water partition coefficient (Wildman–Crippen LogP) is -0.0492. The first-order chi connectivity index (χ1) is 5.07. The average molecular weight is 162 g/mol. The molecule has 0 aromatic rings. The van der Waals surface area contributed by atoms with Gasteiger partial charge in [0.25, 0.3) is 0 Å². The third kappa shape index (κ3) is 4.32. The van der Waals surface area contributed by atoms with Gasteiger partial charge in [-0.2, -0.15) is 0 Å². The summed E-state index contributed by atoms with van der Waals surface area (Å²) in [6.07, 6.45) is -1.72. The minimum atomic E-state index is -1.24. The molecule has 64 valence electrons. The molecule has 2 N–H and O–H groups in total. The molecule has 0 aliphatic carbocycles. The molecule has 11 heavy (non-hydrogen) atoms. The molecule has 1 atom stereocenters. The summed E-state index contributed by atoms with van der Waals surface area (Å²) in [5.41, 5.74) is 0. The van der Waals surface area contributed by atoms with Crippen LogP contribution in [0.25, 0.3) is 0 Å². The number of rotatable bonds is 5. The first kappa shape index (κ1) is 9.90. The van der Waals surface area contributed by atoms with Crippen LogP contribution in [0, 0.1) is 0 Å². The predicted molar refractivity (Wildman–Crippen MR) is 35.3 cm³/mol. The van der Waals surface area contributed by atoms with Crippen LogP contribution in [0.2, 0.25) is 0 Å². The first-order valence-electron chi connectivity index (χ1n) is 3.14. The smallest absolute Gasteiger partial charge is 0.333 e. The molecule has 0 aliphatic rings. The van der Waals surface area contributed by atoms with Crippen molar-refractivity contribution in [1.82, 2.24) is 0 Å². The fraction of sp³-hybridized carbons (Fsp3) is 0.667. The summed E-state index contributed by atoms with van der Waals surface area (Å²) < 4.78 is 4.63. The van der Waals surface area contributed by atoms with Gasteiger partial charge >= 0.3 is 11.9 Å². The summed E-state index contributed by atoms with van der Waals surface area (Å²) in [6, 6.07) is 0. The third-order valence-electron chi connectivity index (χ3n) is 1.00. The molecule has 0 bridgehead atoms. The monoisotopic (exact) mass is 162 g/mol. The number of ether oxygens (including phenoxy) is 1. The fourth-order valence-corrected chi connectivity index (χ4v) is 0.577. The molecule has 1 unspecified atom stereocenters. The Bertz CT molecular complexity index is 153. The molecule has 0 saturated carbocycles. The van der Waals surface area contributed by atoms with Crippen LogP contribution in [0.3, 0.4) is 0 Å². The molecule has 0 fully saturated rings. The van der Waals surface area contributed by atoms with Crippen LogP contribution in [0.15, 0.2) is 0 Å². The van der Waals surface area contributed by atoms with Crippen molar-refractivity contribution in [3.05, 3.63) is 0 Å². The zero-order valence-corrected chi connectivity index (χ0v) is 6.11. The van der Waals surface area contributed by atoms with Crippen LogP contribution in [0.1, 0.15) is 13.3 Å². The largest absolute Gasteiger partial charge is 0.481 e. The van der Waals surface area contributed by atoms with Crippen LogP contribution in [0.4, 0.5) is 0 Å². The minimum absolute atomic E-state index is 0.199. The highest BCUT2D eigenvalue weighted by Gasteiger charge is 2.20. The number of aliphatic carboxylic acids is 2. The van der Waals surface area contributed by atoms with Crippen LogP contribution in [-0.4, -0.2) is 34.9 Å². The Hall–Kier alpha value is -1.10. The van der Waals surface area contributed by atoms with E-state index in [0.29, 0.717) is 0 Å². The normalized spacial score (nSPS) is 12.5. The van der Waals surface area contributed by atoms with Gasteiger partial charge in [0.05, 0.1) is 6.42 Å². The molecule has 0 radical (unpaired) electrons. The van der Waals surface area contributed by atoms with Gasteiger partial charge in [0, 0.05) is 6.61 Å². The van der Waals surface area contributed by atoms with Crippen molar-refractivity contribution in [3.63, 3.8) is 0 Å². The molecular weight excluding hydrogens is 152 g/mol. The van der Waals surface area contributed by atoms with E-state index >= 15 is 0 Å². The van der Waals surface area contributed by atoms with Gasteiger partial charge < -0.3 is 14.9 Å². The second-order valence-electron chi connectivity index (χ2n) is 1.88. The summed E-state index contributed by atoms with van der Waals surface area (Å²) >= 11 is 0. The van der Waals surface area contributed by atoms with Crippen molar-refractivity contribution < 1.29 is 24.5 Å². The van der Waals surface area contributed by atoms with Crippen LogP contribution < -0.4 is 0 Å². The first-order valence-corrected chi connectivity index (χ1v) is 3.14. The standard InChI is InChI=1S/C6H10O5/c1-2-11-4(6(9)10)3-5(7)8/h4H,2-3H2,1H3,(H,7,8)(H,9,10). The maximum Gasteiger partial charge on any atom is 0.333 e. The molecule has 0 amide bonds. The van der Waals surface area contributed by atoms with Crippen LogP contribution in [-0.2, 0) is 14.3 Å². The van der Waals surface area contributed by atoms with Gasteiger partial charge in [-0.3, -0.25) is 4.79 Å². The topological polar surface area (TPSA) is 83.8 Å². The van der Waals surface area contributed by atoms with Crippen molar-refractivity contribution in [3.8, 4) is 0 Å². The minimum Gasteiger partial charge on any atom is -0.481 e. The van der Waals surface area contributed by atoms with Crippen molar-refractivity contribution in [2.45, 2.75) is 19.4 Å². The van der Waals surface area contributed by atoms with Crippen molar-refractivity contribution >= 4 is 11.9 Å². The molecule has 5 heteroatoms. The number of hydrogen-bond acceptors (Lipinski definition) is 3. The maximum atomic E-state index is 10.2. The fourth-order valence-electron chi connectivity index (χ4n) is 0.577. The molecule has 0 aromatic heterocycles. The Kier molecular flexibility index (Phi) is 4.21. The molecule has 0 heterocycles. The van der Waals surface area contributed by atoms with E-state index in [9.17, 15) is 9.59 Å². The summed E-state index contributed by atoms with van der Waals surface area (Å²) in [5, 5.41) is 16.6. The number of carbonyl (C=O) groups is 2. The second-order valence-corrected chi connectivity index (χ2v) is 1.88. The van der Waals surface area contributed by atoms with Gasteiger partial charge in [0.15, 0.2) is 6.10 Å². The van der Waals surface area contributed by atoms with Gasteiger partial charge in [0.2, 0.25) is 0 Å². The molecule has 0 aromatic carbocycles. The van der Waals surface area contributed by atoms with Crippen LogP contribution >= 0.6 is 0 Å². The van der Waals surface area contributed by atoms with Crippen molar-refractivity contribution in [1.29, 1.82) is 0 Å². The SMILES string of the molecule is CCOC(CC(=O)O)C(=O)O. The summed E-state index contributed by atoms with van der Waals surface area (Å²) in [4.78, 5) is 20.3. The molecular formula is C6H10O5. The lowest BCUT2D eigenvalue weighted by Gasteiger charge is -2.08. The lowest BCUT2D eigenvalue weighted by atomic mass is 10.2. The molecule has 0 rings (SSSR count). The lowest BCUT2D eigenvalue weighted by Crippen LogP contribution is -2.26. The van der Waals surface area contributed by atoms with E-state index in [1.165, 1.54) is 0 Å². The van der Waals surface area contributed by atoms with E-state index in [1.54, 1.807) is 6.92 Å². The number of hydrogen-bond donors (Lipinski definition) is 2. The van der Waals surface area contributed by atoms with E-state index in [-0.39, 0.29) is 6.61 Å². The Morgan fingerprint density at radius 1 is 1.45 bits per heavy atom. The summed E-state index contributed by atoms with van der Waals surface area (Å²) in [6.45, 7) is 1.81. The zero-order valence-electron chi connectivity index (χ0n) is 6.11. The van der Waals surface area contributed by atoms with E-state index < -0.39 is 24.5 Å². The second kappa shape index (κ2) is 4.68. The van der Waals surface area contributed by atoms with Gasteiger partial charge in [-0.15, -0.1) is 0 Å². The lowest BCUT2D eigenvalue weighted by molar-refractivity contribution is -0.156. The Labute approximate surface area is 63.6 Å². The Morgan fingerprint density at radius 3 is 2.27 bits per heavy atom. The van der Waals surface area contributed by atoms with E-state index in [0.717, 1.165) is 0 Å². The molecule has 0 saturated heterocycles. The quantitative estimate of drug-likeness (QED) is 0.592. The van der Waals surface area contributed by atoms with Crippen molar-refractivity contribution in [2.75, 3.05) is 6.61 Å². The molecule has 0 aliphatic heterocycles. The Balaban J connectivity index is 3.89. The third-order valence-corrected chi connectivity index (χ3v) is 1.00. The van der Waals surface area contributed by atoms with E-state index in [2.05, 4.69) is 4.74 Å². The van der Waals surface area contributed by atoms with Gasteiger partial charge in [-0.1, -0.05) is 0 Å². The maximum absolute atomic E-state index is 10.2. The highest BCUT2D eigenvalue weighted by atomic mass is 16.5. The number of carboxylic acids is 2. The average Bonchev–Trinajstić information content (AvgIpc) is 1.86. The van der Waals surface area contributed by atoms with Crippen LogP contribution in [0.5, 0.6) is 0 Å². The molecule has 0 spiro atoms. The summed E-state index contributed by atoms with van der Waals surface area (Å²) in [7, 11) is 0. The van der Waals surface area contributed by atoms with Gasteiger partial charge in [0.1, 0.15) is 0 Å². The van der Waals surface area contributed by atoms with E-state index in [4.69, 9.17) is 10.2 Å². The highest BCUT2D eigenvalue weighted by Crippen LogP contribution is 1.98. The number of carboxylic acid groups (broad SMARTS) is 2. The van der Waals surface area contributed by atoms with Crippen molar-refractivity contribution in [2.24, 2.45) is 0 Å². The molecule has 5 nitrogen and oxygen atoms in total. The van der Waals surface area contributed by atoms with Gasteiger partial charge in [-0.05, 0) is 6.92 Å². The Morgan fingerprint density at radius 2 is 2.00 bits per heavy atom. The van der Waals surface area contributed by atoms with E-state index in [1.807, 2.05) is 0 Å². The summed E-state index contributed by atoms with van der Waals surface area (Å²) in [5.74, 6) is -2.42. The zero-order chi connectivity index (χ0) is 8.85. The van der Waals surface area contributed by atoms with Gasteiger partial charge in [-0.25, -0.2) is 4.79 Å².